The predicted molar refractivity (Wildman–Crippen MR) is 70.4 cm³/mol. The number of rotatable bonds is 4. The van der Waals surface area contributed by atoms with Gasteiger partial charge in [0.1, 0.15) is 5.60 Å². The Kier molecular flexibility index (Phi) is 4.81. The van der Waals surface area contributed by atoms with E-state index >= 15 is 0 Å². The fourth-order valence-electron chi connectivity index (χ4n) is 1.54. The number of ether oxygens (including phenoxy) is 1. The van der Waals surface area contributed by atoms with Crippen LogP contribution in [-0.4, -0.2) is 32.2 Å². The lowest BCUT2D eigenvalue weighted by Crippen LogP contribution is -2.25. The number of nitrogens with zero attached hydrogens (tertiary/aromatic N) is 2. The first kappa shape index (κ1) is 15.0. The topological polar surface area (TPSA) is 64.4 Å². The van der Waals surface area contributed by atoms with Crippen molar-refractivity contribution in [3.05, 3.63) is 11.3 Å². The van der Waals surface area contributed by atoms with Gasteiger partial charge in [-0.05, 0) is 27.7 Å². The van der Waals surface area contributed by atoms with Gasteiger partial charge in [0.2, 0.25) is 0 Å². The van der Waals surface area contributed by atoms with Crippen LogP contribution in [0.15, 0.2) is 5.03 Å². The molecule has 0 amide bonds. The van der Waals surface area contributed by atoms with Crippen LogP contribution in [-0.2, 0) is 23.2 Å². The monoisotopic (exact) mass is 272 g/mol. The fourth-order valence-corrected chi connectivity index (χ4v) is 2.47. The lowest BCUT2D eigenvalue weighted by atomic mass is 10.2. The van der Waals surface area contributed by atoms with Crippen molar-refractivity contribution in [2.45, 2.75) is 44.9 Å². The number of aryl methyl sites for hydroxylation is 2. The first-order valence-electron chi connectivity index (χ1n) is 5.72. The highest BCUT2D eigenvalue weighted by molar-refractivity contribution is 7.99. The van der Waals surface area contributed by atoms with Crippen LogP contribution in [0, 0.1) is 6.92 Å². The van der Waals surface area contributed by atoms with Gasteiger partial charge < -0.3 is 9.84 Å². The number of esters is 1. The molecule has 0 unspecified atom stereocenters. The number of carbonyl (C=O) groups excluding carboxylic acids is 1. The molecule has 0 aliphatic carbocycles. The van der Waals surface area contributed by atoms with Crippen LogP contribution in [0.1, 0.15) is 32.0 Å². The highest BCUT2D eigenvalue weighted by atomic mass is 32.2. The van der Waals surface area contributed by atoms with Gasteiger partial charge in [0, 0.05) is 12.6 Å². The summed E-state index contributed by atoms with van der Waals surface area (Å²) >= 11 is 1.33. The third-order valence-electron chi connectivity index (χ3n) is 2.19. The van der Waals surface area contributed by atoms with Crippen molar-refractivity contribution in [1.82, 2.24) is 9.78 Å². The predicted octanol–water partition coefficient (Wildman–Crippen LogP) is 1.65. The summed E-state index contributed by atoms with van der Waals surface area (Å²) in [5, 5.41) is 14.3. The molecule has 1 rings (SSSR count). The molecule has 0 saturated carbocycles. The number of thioether (sulfide) groups is 1. The molecule has 0 aliphatic heterocycles. The first-order valence-corrected chi connectivity index (χ1v) is 6.71. The molecule has 0 radical (unpaired) electrons. The van der Waals surface area contributed by atoms with Crippen molar-refractivity contribution in [2.75, 3.05) is 5.75 Å². The second kappa shape index (κ2) is 5.75. The standard InChI is InChI=1S/C12H20N2O3S/c1-8-9(6-15)11(14(5)13-8)18-7-10(16)17-12(2,3)4/h15H,6-7H2,1-5H3. The van der Waals surface area contributed by atoms with E-state index < -0.39 is 5.60 Å². The van der Waals surface area contributed by atoms with E-state index in [-0.39, 0.29) is 18.3 Å². The zero-order valence-corrected chi connectivity index (χ0v) is 12.3. The van der Waals surface area contributed by atoms with Crippen molar-refractivity contribution in [1.29, 1.82) is 0 Å². The zero-order chi connectivity index (χ0) is 13.9. The Bertz CT molecular complexity index is 435. The molecule has 1 aromatic heterocycles. The van der Waals surface area contributed by atoms with Crippen LogP contribution in [0.4, 0.5) is 0 Å². The van der Waals surface area contributed by atoms with Gasteiger partial charge in [0.25, 0.3) is 0 Å². The Hall–Kier alpha value is -1.01. The summed E-state index contributed by atoms with van der Waals surface area (Å²) in [6.45, 7) is 7.27. The molecule has 102 valence electrons. The number of carbonyl (C=O) groups is 1. The van der Waals surface area contributed by atoms with E-state index in [1.165, 1.54) is 11.8 Å². The van der Waals surface area contributed by atoms with Crippen molar-refractivity contribution in [3.8, 4) is 0 Å². The molecule has 0 aliphatic rings. The lowest BCUT2D eigenvalue weighted by molar-refractivity contribution is -0.151. The Morgan fingerprint density at radius 2 is 2.11 bits per heavy atom. The van der Waals surface area contributed by atoms with Gasteiger partial charge in [0.05, 0.1) is 23.1 Å². The average molecular weight is 272 g/mol. The zero-order valence-electron chi connectivity index (χ0n) is 11.5. The summed E-state index contributed by atoms with van der Waals surface area (Å²) in [6, 6.07) is 0. The molecule has 5 nitrogen and oxygen atoms in total. The molecule has 18 heavy (non-hydrogen) atoms. The maximum absolute atomic E-state index is 11.6. The van der Waals surface area contributed by atoms with Gasteiger partial charge in [-0.1, -0.05) is 11.8 Å². The third-order valence-corrected chi connectivity index (χ3v) is 3.36. The first-order chi connectivity index (χ1) is 8.24. The number of aliphatic hydroxyl groups is 1. The number of aliphatic hydroxyl groups excluding tert-OH is 1. The number of aromatic nitrogens is 2. The highest BCUT2D eigenvalue weighted by Gasteiger charge is 2.19. The van der Waals surface area contributed by atoms with Crippen molar-refractivity contribution >= 4 is 17.7 Å². The van der Waals surface area contributed by atoms with Crippen LogP contribution in [0.25, 0.3) is 0 Å². The minimum absolute atomic E-state index is 0.0731. The summed E-state index contributed by atoms with van der Waals surface area (Å²) < 4.78 is 6.90. The summed E-state index contributed by atoms with van der Waals surface area (Å²) in [4.78, 5) is 11.6. The van der Waals surface area contributed by atoms with E-state index in [1.54, 1.807) is 11.7 Å². The van der Waals surface area contributed by atoms with Crippen LogP contribution < -0.4 is 0 Å². The fraction of sp³-hybridized carbons (Fsp3) is 0.667. The maximum Gasteiger partial charge on any atom is 0.316 e. The molecule has 0 bridgehead atoms. The maximum atomic E-state index is 11.6. The molecule has 0 atom stereocenters. The van der Waals surface area contributed by atoms with Crippen molar-refractivity contribution in [3.63, 3.8) is 0 Å². The normalized spacial score (nSPS) is 11.7. The van der Waals surface area contributed by atoms with E-state index in [0.29, 0.717) is 0 Å². The molecule has 0 aromatic carbocycles. The van der Waals surface area contributed by atoms with E-state index in [0.717, 1.165) is 16.3 Å². The van der Waals surface area contributed by atoms with Crippen LogP contribution in [0.3, 0.4) is 0 Å². The SMILES string of the molecule is Cc1nn(C)c(SCC(=O)OC(C)(C)C)c1CO. The lowest BCUT2D eigenvalue weighted by Gasteiger charge is -2.19. The van der Waals surface area contributed by atoms with Crippen molar-refractivity contribution in [2.24, 2.45) is 7.05 Å². The minimum Gasteiger partial charge on any atom is -0.459 e. The summed E-state index contributed by atoms with van der Waals surface area (Å²) in [6.07, 6.45) is 0. The summed E-state index contributed by atoms with van der Waals surface area (Å²) in [5.41, 5.74) is 1.08. The van der Waals surface area contributed by atoms with E-state index in [9.17, 15) is 9.90 Å². The molecule has 1 aromatic rings. The number of hydrogen-bond acceptors (Lipinski definition) is 5. The molecule has 0 saturated heterocycles. The van der Waals surface area contributed by atoms with E-state index in [1.807, 2.05) is 27.7 Å². The van der Waals surface area contributed by atoms with Gasteiger partial charge in [0.15, 0.2) is 0 Å². The second-order valence-electron chi connectivity index (χ2n) is 5.03. The minimum atomic E-state index is -0.472. The Balaban J connectivity index is 2.67. The van der Waals surface area contributed by atoms with E-state index in [2.05, 4.69) is 5.10 Å². The van der Waals surface area contributed by atoms with Gasteiger partial charge in [-0.25, -0.2) is 0 Å². The van der Waals surface area contributed by atoms with Crippen molar-refractivity contribution < 1.29 is 14.6 Å². The van der Waals surface area contributed by atoms with E-state index in [4.69, 9.17) is 4.74 Å². The quantitative estimate of drug-likeness (QED) is 0.667. The Morgan fingerprint density at radius 1 is 1.50 bits per heavy atom. The molecular weight excluding hydrogens is 252 g/mol. The van der Waals surface area contributed by atoms with Gasteiger partial charge in [-0.2, -0.15) is 5.10 Å². The van der Waals surface area contributed by atoms with Crippen LogP contribution >= 0.6 is 11.8 Å². The molecular formula is C12H20N2O3S. The van der Waals surface area contributed by atoms with Crippen LogP contribution in [0.5, 0.6) is 0 Å². The third kappa shape index (κ3) is 4.03. The Morgan fingerprint density at radius 3 is 2.61 bits per heavy atom. The molecule has 1 N–H and O–H groups in total. The summed E-state index contributed by atoms with van der Waals surface area (Å²) in [7, 11) is 1.80. The van der Waals surface area contributed by atoms with Gasteiger partial charge in [-0.3, -0.25) is 9.48 Å². The van der Waals surface area contributed by atoms with Crippen LogP contribution in [0.2, 0.25) is 0 Å². The smallest absolute Gasteiger partial charge is 0.316 e. The molecule has 6 heteroatoms. The summed E-state index contributed by atoms with van der Waals surface area (Å²) in [5.74, 6) is -0.0567. The molecule has 0 fully saturated rings. The average Bonchev–Trinajstić information content (AvgIpc) is 2.47. The molecule has 0 spiro atoms. The Labute approximate surface area is 112 Å². The second-order valence-corrected chi connectivity index (χ2v) is 5.99. The largest absolute Gasteiger partial charge is 0.459 e. The van der Waals surface area contributed by atoms with Gasteiger partial charge >= 0.3 is 5.97 Å². The number of hydrogen-bond donors (Lipinski definition) is 1. The van der Waals surface area contributed by atoms with Gasteiger partial charge in [-0.15, -0.1) is 0 Å². The molecule has 1 heterocycles. The highest BCUT2D eigenvalue weighted by Crippen LogP contribution is 2.25.